The van der Waals surface area contributed by atoms with E-state index in [0.29, 0.717) is 11.4 Å². The van der Waals surface area contributed by atoms with E-state index in [2.05, 4.69) is 21.2 Å². The van der Waals surface area contributed by atoms with Gasteiger partial charge in [0.25, 0.3) is 0 Å². The molecule has 3 aromatic rings. The molecule has 1 atom stereocenters. The summed E-state index contributed by atoms with van der Waals surface area (Å²) in [4.78, 5) is 0.332. The Morgan fingerprint density at radius 1 is 0.893 bits per heavy atom. The van der Waals surface area contributed by atoms with Gasteiger partial charge in [0.05, 0.1) is 23.8 Å². The molecule has 0 amide bonds. The summed E-state index contributed by atoms with van der Waals surface area (Å²) in [6.45, 7) is 0.337. The minimum atomic E-state index is -3.35. The molecule has 0 aliphatic heterocycles. The molecule has 146 valence electrons. The van der Waals surface area contributed by atoms with Crippen LogP contribution in [0.2, 0.25) is 0 Å². The molecule has 0 bridgehead atoms. The van der Waals surface area contributed by atoms with Crippen LogP contribution in [0.15, 0.2) is 88.2 Å². The Morgan fingerprint density at radius 3 is 2.11 bits per heavy atom. The molecule has 0 fully saturated rings. The summed E-state index contributed by atoms with van der Waals surface area (Å²) in [6.07, 6.45) is 0. The molecule has 0 radical (unpaired) electrons. The number of rotatable bonds is 8. The molecule has 4 nitrogen and oxygen atoms in total. The predicted molar refractivity (Wildman–Crippen MR) is 115 cm³/mol. The van der Waals surface area contributed by atoms with E-state index in [1.807, 2.05) is 54.6 Å². The lowest BCUT2D eigenvalue weighted by Gasteiger charge is -2.20. The average Bonchev–Trinajstić information content (AvgIpc) is 2.72. The van der Waals surface area contributed by atoms with Gasteiger partial charge in [0, 0.05) is 11.0 Å². The fourth-order valence-corrected chi connectivity index (χ4v) is 4.40. The van der Waals surface area contributed by atoms with Crippen molar-refractivity contribution < 1.29 is 13.2 Å². The van der Waals surface area contributed by atoms with E-state index in [1.165, 1.54) is 0 Å². The van der Waals surface area contributed by atoms with Gasteiger partial charge in [0.15, 0.2) is 9.84 Å². The molecule has 0 aliphatic carbocycles. The second-order valence-corrected chi connectivity index (χ2v) is 9.37. The number of hydrogen-bond acceptors (Lipinski definition) is 4. The molecule has 0 heterocycles. The third-order valence-electron chi connectivity index (χ3n) is 4.47. The Hall–Kier alpha value is -2.15. The van der Waals surface area contributed by atoms with E-state index in [-0.39, 0.29) is 11.8 Å². The first-order chi connectivity index (χ1) is 13.5. The van der Waals surface area contributed by atoms with Gasteiger partial charge < -0.3 is 10.1 Å². The van der Waals surface area contributed by atoms with Crippen molar-refractivity contribution in [3.63, 3.8) is 0 Å². The summed E-state index contributed by atoms with van der Waals surface area (Å²) in [5.74, 6) is 0.807. The highest BCUT2D eigenvalue weighted by atomic mass is 79.9. The first-order valence-electron chi connectivity index (χ1n) is 8.90. The van der Waals surface area contributed by atoms with Crippen molar-refractivity contribution in [1.29, 1.82) is 0 Å². The Bertz CT molecular complexity index is 988. The second kappa shape index (κ2) is 9.37. The molecule has 1 N–H and O–H groups in total. The quantitative estimate of drug-likeness (QED) is 0.534. The number of benzene rings is 3. The molecule has 0 saturated carbocycles. The lowest BCUT2D eigenvalue weighted by Crippen LogP contribution is -2.28. The zero-order chi connectivity index (χ0) is 20.0. The van der Waals surface area contributed by atoms with Crippen molar-refractivity contribution in [3.8, 4) is 5.75 Å². The zero-order valence-electron chi connectivity index (χ0n) is 15.5. The molecular formula is C22H22BrNO3S. The molecule has 3 rings (SSSR count). The van der Waals surface area contributed by atoms with E-state index in [0.717, 1.165) is 21.3 Å². The Balaban J connectivity index is 1.75. The van der Waals surface area contributed by atoms with Crippen LogP contribution < -0.4 is 10.1 Å². The molecule has 0 aliphatic rings. The largest absolute Gasteiger partial charge is 0.497 e. The monoisotopic (exact) mass is 459 g/mol. The van der Waals surface area contributed by atoms with Crippen molar-refractivity contribution in [1.82, 2.24) is 5.32 Å². The topological polar surface area (TPSA) is 55.4 Å². The van der Waals surface area contributed by atoms with E-state index in [4.69, 9.17) is 4.74 Å². The summed E-state index contributed by atoms with van der Waals surface area (Å²) in [7, 11) is -1.72. The Kier molecular flexibility index (Phi) is 6.88. The smallest absolute Gasteiger partial charge is 0.179 e. The van der Waals surface area contributed by atoms with Crippen LogP contribution in [-0.4, -0.2) is 27.8 Å². The van der Waals surface area contributed by atoms with Crippen LogP contribution in [0.3, 0.4) is 0 Å². The molecule has 0 saturated heterocycles. The molecule has 1 unspecified atom stereocenters. The highest BCUT2D eigenvalue weighted by Crippen LogP contribution is 2.24. The second-order valence-electron chi connectivity index (χ2n) is 6.34. The zero-order valence-corrected chi connectivity index (χ0v) is 17.9. The Morgan fingerprint density at radius 2 is 1.50 bits per heavy atom. The average molecular weight is 460 g/mol. The van der Waals surface area contributed by atoms with Crippen molar-refractivity contribution in [2.75, 3.05) is 19.4 Å². The van der Waals surface area contributed by atoms with Gasteiger partial charge in [-0.2, -0.15) is 0 Å². The van der Waals surface area contributed by atoms with E-state index in [9.17, 15) is 8.42 Å². The van der Waals surface area contributed by atoms with Gasteiger partial charge in [-0.3, -0.25) is 0 Å². The molecule has 28 heavy (non-hydrogen) atoms. The number of hydrogen-bond donors (Lipinski definition) is 1. The lowest BCUT2D eigenvalue weighted by atomic mass is 9.98. The van der Waals surface area contributed by atoms with Crippen LogP contribution in [0.25, 0.3) is 0 Å². The maximum Gasteiger partial charge on any atom is 0.179 e. The van der Waals surface area contributed by atoms with Gasteiger partial charge >= 0.3 is 0 Å². The highest BCUT2D eigenvalue weighted by Gasteiger charge is 2.17. The summed E-state index contributed by atoms with van der Waals surface area (Å²) < 4.78 is 31.3. The summed E-state index contributed by atoms with van der Waals surface area (Å²) >= 11 is 3.33. The first kappa shape index (κ1) is 20.6. The van der Waals surface area contributed by atoms with Gasteiger partial charge in [-0.1, -0.05) is 58.4 Å². The van der Waals surface area contributed by atoms with Crippen LogP contribution in [0, 0.1) is 0 Å². The van der Waals surface area contributed by atoms with Gasteiger partial charge in [-0.15, -0.1) is 0 Å². The number of sulfone groups is 1. The molecule has 0 spiro atoms. The minimum Gasteiger partial charge on any atom is -0.497 e. The van der Waals surface area contributed by atoms with Gasteiger partial charge in [0.2, 0.25) is 0 Å². The van der Waals surface area contributed by atoms with Crippen LogP contribution in [0.1, 0.15) is 17.2 Å². The minimum absolute atomic E-state index is 0.0219. The van der Waals surface area contributed by atoms with Crippen LogP contribution in [0.4, 0.5) is 0 Å². The van der Waals surface area contributed by atoms with Crippen LogP contribution in [0.5, 0.6) is 5.75 Å². The van der Waals surface area contributed by atoms with Crippen molar-refractivity contribution >= 4 is 25.8 Å². The first-order valence-corrected chi connectivity index (χ1v) is 11.3. The van der Waals surface area contributed by atoms with E-state index >= 15 is 0 Å². The predicted octanol–water partition coefficient (Wildman–Crippen LogP) is 4.61. The number of methoxy groups -OCH3 is 1. The lowest BCUT2D eigenvalue weighted by molar-refractivity contribution is 0.414. The molecule has 6 heteroatoms. The normalized spacial score (nSPS) is 12.5. The third-order valence-corrected chi connectivity index (χ3v) is 6.73. The van der Waals surface area contributed by atoms with Gasteiger partial charge in [-0.25, -0.2) is 8.42 Å². The summed E-state index contributed by atoms with van der Waals surface area (Å²) in [6, 6.07) is 24.4. The standard InChI is InChI=1S/C22H22BrNO3S/c1-27-20-11-7-18(8-12-20)22(17-5-3-2-4-6-17)24-15-16-28(25,26)21-13-9-19(23)10-14-21/h2-14,22,24H,15-16H2,1H3. The number of nitrogens with one attached hydrogen (secondary N) is 1. The van der Waals surface area contributed by atoms with Gasteiger partial charge in [0.1, 0.15) is 5.75 Å². The van der Waals surface area contributed by atoms with Crippen LogP contribution >= 0.6 is 15.9 Å². The summed E-state index contributed by atoms with van der Waals surface area (Å²) in [5, 5.41) is 3.40. The Labute approximate surface area is 174 Å². The molecular weight excluding hydrogens is 438 g/mol. The highest BCUT2D eigenvalue weighted by molar-refractivity contribution is 9.10. The number of ether oxygens (including phenoxy) is 1. The van der Waals surface area contributed by atoms with E-state index < -0.39 is 9.84 Å². The third kappa shape index (κ3) is 5.22. The van der Waals surface area contributed by atoms with E-state index in [1.54, 1.807) is 31.4 Å². The fraction of sp³-hybridized carbons (Fsp3) is 0.182. The van der Waals surface area contributed by atoms with Crippen molar-refractivity contribution in [2.24, 2.45) is 0 Å². The van der Waals surface area contributed by atoms with Crippen LogP contribution in [-0.2, 0) is 9.84 Å². The fourth-order valence-electron chi connectivity index (χ4n) is 2.97. The van der Waals surface area contributed by atoms with Crippen molar-refractivity contribution in [3.05, 3.63) is 94.5 Å². The molecule has 3 aromatic carbocycles. The van der Waals surface area contributed by atoms with Crippen molar-refractivity contribution in [2.45, 2.75) is 10.9 Å². The van der Waals surface area contributed by atoms with Gasteiger partial charge in [-0.05, 0) is 47.5 Å². The SMILES string of the molecule is COc1ccc(C(NCCS(=O)(=O)c2ccc(Br)cc2)c2ccccc2)cc1. The maximum absolute atomic E-state index is 12.6. The maximum atomic E-state index is 12.6. The number of halogens is 1. The summed E-state index contributed by atoms with van der Waals surface area (Å²) in [5.41, 5.74) is 2.13. The molecule has 0 aromatic heterocycles.